The first-order chi connectivity index (χ1) is 10.1. The molecule has 2 rings (SSSR count). The lowest BCUT2D eigenvalue weighted by Crippen LogP contribution is -2.44. The first kappa shape index (κ1) is 16.3. The Bertz CT molecular complexity index is 437. The summed E-state index contributed by atoms with van der Waals surface area (Å²) in [7, 11) is 0. The van der Waals surface area contributed by atoms with E-state index in [0.29, 0.717) is 6.04 Å². The van der Waals surface area contributed by atoms with E-state index in [1.54, 1.807) is 0 Å². The molecule has 0 bridgehead atoms. The van der Waals surface area contributed by atoms with E-state index in [4.69, 9.17) is 4.74 Å². The number of aromatic nitrogens is 2. The van der Waals surface area contributed by atoms with Crippen molar-refractivity contribution < 1.29 is 4.74 Å². The van der Waals surface area contributed by atoms with Crippen LogP contribution in [0, 0.1) is 6.92 Å². The van der Waals surface area contributed by atoms with Crippen molar-refractivity contribution in [1.82, 2.24) is 9.55 Å². The maximum Gasteiger partial charge on any atom is 0.203 e. The Balaban J connectivity index is 2.03. The number of nitrogens with one attached hydrogen (secondary N) is 1. The Morgan fingerprint density at radius 1 is 1.38 bits per heavy atom. The number of aryl methyl sites for hydroxylation is 2. The molecule has 1 saturated heterocycles. The minimum absolute atomic E-state index is 0.0613. The zero-order valence-electron chi connectivity index (χ0n) is 14.1. The van der Waals surface area contributed by atoms with E-state index in [9.17, 15) is 0 Å². The molecule has 1 aliphatic rings. The minimum Gasteiger partial charge on any atom is -0.375 e. The van der Waals surface area contributed by atoms with Gasteiger partial charge in [0.15, 0.2) is 0 Å². The van der Waals surface area contributed by atoms with Crippen LogP contribution in [0.3, 0.4) is 0 Å². The molecule has 1 N–H and O–H groups in total. The molecule has 4 heteroatoms. The van der Waals surface area contributed by atoms with Gasteiger partial charge >= 0.3 is 0 Å². The van der Waals surface area contributed by atoms with Crippen LogP contribution in [0.4, 0.5) is 5.95 Å². The Labute approximate surface area is 129 Å². The van der Waals surface area contributed by atoms with Gasteiger partial charge in [-0.15, -0.1) is 0 Å². The predicted molar refractivity (Wildman–Crippen MR) is 87.8 cm³/mol. The molecule has 0 aliphatic carbocycles. The van der Waals surface area contributed by atoms with E-state index in [2.05, 4.69) is 48.8 Å². The van der Waals surface area contributed by atoms with Gasteiger partial charge in [-0.1, -0.05) is 27.2 Å². The van der Waals surface area contributed by atoms with Crippen molar-refractivity contribution in [3.63, 3.8) is 0 Å². The standard InChI is InChI=1S/C17H31N3O/c1-5-8-10-20-13-14(4)18-16(20)19-15-9-11-21-17(6-2,7-3)12-15/h13,15H,5-12H2,1-4H3,(H,18,19). The minimum atomic E-state index is 0.0613. The molecule has 1 aromatic rings. The summed E-state index contributed by atoms with van der Waals surface area (Å²) in [5.74, 6) is 1.04. The molecule has 1 atom stereocenters. The Kier molecular flexibility index (Phi) is 5.68. The molecule has 21 heavy (non-hydrogen) atoms. The van der Waals surface area contributed by atoms with Gasteiger partial charge in [-0.05, 0) is 39.0 Å². The van der Waals surface area contributed by atoms with Gasteiger partial charge in [0.05, 0.1) is 11.3 Å². The fraction of sp³-hybridized carbons (Fsp3) is 0.824. The van der Waals surface area contributed by atoms with E-state index < -0.39 is 0 Å². The van der Waals surface area contributed by atoms with Gasteiger partial charge in [0.1, 0.15) is 0 Å². The van der Waals surface area contributed by atoms with Crippen molar-refractivity contribution in [3.8, 4) is 0 Å². The summed E-state index contributed by atoms with van der Waals surface area (Å²) in [5.41, 5.74) is 1.16. The van der Waals surface area contributed by atoms with Crippen molar-refractivity contribution in [2.45, 2.75) is 84.4 Å². The zero-order chi connectivity index (χ0) is 15.3. The largest absolute Gasteiger partial charge is 0.375 e. The molecule has 2 heterocycles. The van der Waals surface area contributed by atoms with Gasteiger partial charge in [0.25, 0.3) is 0 Å². The maximum atomic E-state index is 6.06. The first-order valence-corrected chi connectivity index (χ1v) is 8.56. The van der Waals surface area contributed by atoms with Crippen LogP contribution in [-0.4, -0.2) is 27.8 Å². The van der Waals surface area contributed by atoms with E-state index in [1.807, 2.05) is 0 Å². The van der Waals surface area contributed by atoms with E-state index in [1.165, 1.54) is 12.8 Å². The van der Waals surface area contributed by atoms with Crippen LogP contribution in [0.15, 0.2) is 6.20 Å². The summed E-state index contributed by atoms with van der Waals surface area (Å²) in [4.78, 5) is 4.67. The molecule has 1 aromatic heterocycles. The summed E-state index contributed by atoms with van der Waals surface area (Å²) in [6.45, 7) is 10.7. The van der Waals surface area contributed by atoms with E-state index >= 15 is 0 Å². The second-order valence-corrected chi connectivity index (χ2v) is 6.33. The molecule has 1 fully saturated rings. The molecular formula is C17H31N3O. The highest BCUT2D eigenvalue weighted by Gasteiger charge is 2.34. The average molecular weight is 293 g/mol. The van der Waals surface area contributed by atoms with Gasteiger partial charge in [-0.25, -0.2) is 4.98 Å². The van der Waals surface area contributed by atoms with Gasteiger partial charge in [-0.2, -0.15) is 0 Å². The Hall–Kier alpha value is -1.03. The van der Waals surface area contributed by atoms with Gasteiger partial charge in [-0.3, -0.25) is 0 Å². The Morgan fingerprint density at radius 2 is 2.14 bits per heavy atom. The zero-order valence-corrected chi connectivity index (χ0v) is 14.1. The third-order valence-corrected chi connectivity index (χ3v) is 4.76. The summed E-state index contributed by atoms with van der Waals surface area (Å²) < 4.78 is 8.34. The lowest BCUT2D eigenvalue weighted by atomic mass is 9.86. The lowest BCUT2D eigenvalue weighted by molar-refractivity contribution is -0.0865. The number of unbranched alkanes of at least 4 members (excludes halogenated alkanes) is 1. The predicted octanol–water partition coefficient (Wildman–Crippen LogP) is 4.14. The van der Waals surface area contributed by atoms with Crippen LogP contribution < -0.4 is 5.32 Å². The number of ether oxygens (including phenoxy) is 1. The van der Waals surface area contributed by atoms with Gasteiger partial charge in [0.2, 0.25) is 5.95 Å². The van der Waals surface area contributed by atoms with Crippen LogP contribution in [0.1, 0.15) is 65.0 Å². The second kappa shape index (κ2) is 7.30. The molecule has 0 radical (unpaired) electrons. The average Bonchev–Trinajstić information content (AvgIpc) is 2.85. The topological polar surface area (TPSA) is 39.1 Å². The summed E-state index contributed by atoms with van der Waals surface area (Å²) in [6.07, 6.45) is 8.90. The summed E-state index contributed by atoms with van der Waals surface area (Å²) in [6, 6.07) is 0.473. The number of nitrogens with zero attached hydrogens (tertiary/aromatic N) is 2. The van der Waals surface area contributed by atoms with E-state index in [0.717, 1.165) is 50.5 Å². The maximum absolute atomic E-state index is 6.06. The fourth-order valence-corrected chi connectivity index (χ4v) is 3.24. The molecule has 4 nitrogen and oxygen atoms in total. The second-order valence-electron chi connectivity index (χ2n) is 6.33. The molecule has 1 aliphatic heterocycles. The number of hydrogen-bond acceptors (Lipinski definition) is 3. The molecule has 120 valence electrons. The highest BCUT2D eigenvalue weighted by Crippen LogP contribution is 2.32. The lowest BCUT2D eigenvalue weighted by Gasteiger charge is -2.40. The molecule has 0 amide bonds. The molecular weight excluding hydrogens is 262 g/mol. The van der Waals surface area contributed by atoms with Crippen molar-refractivity contribution in [2.75, 3.05) is 11.9 Å². The van der Waals surface area contributed by atoms with E-state index in [-0.39, 0.29) is 5.60 Å². The number of rotatable bonds is 7. The van der Waals surface area contributed by atoms with Crippen LogP contribution in [0.25, 0.3) is 0 Å². The third-order valence-electron chi connectivity index (χ3n) is 4.76. The van der Waals surface area contributed by atoms with Crippen LogP contribution in [0.5, 0.6) is 0 Å². The highest BCUT2D eigenvalue weighted by atomic mass is 16.5. The quantitative estimate of drug-likeness (QED) is 0.821. The molecule has 0 saturated carbocycles. The van der Waals surface area contributed by atoms with Crippen LogP contribution in [0.2, 0.25) is 0 Å². The monoisotopic (exact) mass is 293 g/mol. The van der Waals surface area contributed by atoms with Crippen LogP contribution >= 0.6 is 0 Å². The fourth-order valence-electron chi connectivity index (χ4n) is 3.24. The van der Waals surface area contributed by atoms with Crippen molar-refractivity contribution in [3.05, 3.63) is 11.9 Å². The summed E-state index contributed by atoms with van der Waals surface area (Å²) >= 11 is 0. The summed E-state index contributed by atoms with van der Waals surface area (Å²) in [5, 5.41) is 3.67. The smallest absolute Gasteiger partial charge is 0.203 e. The normalized spacial score (nSPS) is 21.4. The van der Waals surface area contributed by atoms with Crippen molar-refractivity contribution in [1.29, 1.82) is 0 Å². The van der Waals surface area contributed by atoms with Crippen molar-refractivity contribution in [2.24, 2.45) is 0 Å². The molecule has 1 unspecified atom stereocenters. The molecule has 0 aromatic carbocycles. The van der Waals surface area contributed by atoms with Gasteiger partial charge in [0, 0.05) is 25.4 Å². The van der Waals surface area contributed by atoms with Crippen LogP contribution in [-0.2, 0) is 11.3 Å². The first-order valence-electron chi connectivity index (χ1n) is 8.56. The molecule has 0 spiro atoms. The van der Waals surface area contributed by atoms with Crippen molar-refractivity contribution >= 4 is 5.95 Å². The number of imidazole rings is 1. The van der Waals surface area contributed by atoms with Gasteiger partial charge < -0.3 is 14.6 Å². The SMILES string of the molecule is CCCCn1cc(C)nc1NC1CCOC(CC)(CC)C1. The third kappa shape index (κ3) is 4.00. The Morgan fingerprint density at radius 3 is 2.81 bits per heavy atom. The number of hydrogen-bond donors (Lipinski definition) is 1. The number of anilines is 1. The highest BCUT2D eigenvalue weighted by molar-refractivity contribution is 5.30.